The molecule has 0 radical (unpaired) electrons. The van der Waals surface area contributed by atoms with Crippen molar-refractivity contribution in [1.82, 2.24) is 5.32 Å². The van der Waals surface area contributed by atoms with Gasteiger partial charge in [-0.05, 0) is 37.0 Å². The molecule has 0 bridgehead atoms. The normalized spacial score (nSPS) is 14.1. The molecule has 0 aromatic heterocycles. The maximum absolute atomic E-state index is 11.5. The summed E-state index contributed by atoms with van der Waals surface area (Å²) >= 11 is 5.79. The lowest BCUT2D eigenvalue weighted by Crippen LogP contribution is -2.30. The molecule has 0 unspecified atom stereocenters. The smallest absolute Gasteiger partial charge is 0.337 e. The van der Waals surface area contributed by atoms with Crippen molar-refractivity contribution in [2.45, 2.75) is 12.8 Å². The molecule has 0 spiro atoms. The zero-order valence-electron chi connectivity index (χ0n) is 9.57. The summed E-state index contributed by atoms with van der Waals surface area (Å²) in [5.41, 5.74) is 0.485. The summed E-state index contributed by atoms with van der Waals surface area (Å²) in [6.07, 6.45) is 2.33. The Morgan fingerprint density at radius 1 is 1.39 bits per heavy atom. The maximum atomic E-state index is 11.5. The summed E-state index contributed by atoms with van der Waals surface area (Å²) in [6.45, 7) is 0.673. The highest BCUT2D eigenvalue weighted by Gasteiger charge is 2.21. The standard InChI is InChI=1S/C12H13ClN2O3/c13-10-5-8(3-4-9(10)11(16)17)15-12(18)14-6-7-1-2-7/h3-5,7H,1-2,6H2,(H,16,17)(H2,14,15,18). The van der Waals surface area contributed by atoms with E-state index in [4.69, 9.17) is 16.7 Å². The Kier molecular flexibility index (Phi) is 3.72. The quantitative estimate of drug-likeness (QED) is 0.785. The second kappa shape index (κ2) is 5.27. The number of benzene rings is 1. The number of amides is 2. The number of aromatic carboxylic acids is 1. The molecule has 96 valence electrons. The van der Waals surface area contributed by atoms with E-state index < -0.39 is 5.97 Å². The molecule has 2 rings (SSSR count). The average Bonchev–Trinajstić information content (AvgIpc) is 3.09. The van der Waals surface area contributed by atoms with Crippen LogP contribution in [0.1, 0.15) is 23.2 Å². The van der Waals surface area contributed by atoms with Gasteiger partial charge in [-0.2, -0.15) is 0 Å². The molecule has 0 atom stereocenters. The van der Waals surface area contributed by atoms with Gasteiger partial charge < -0.3 is 15.7 Å². The Labute approximate surface area is 109 Å². The molecule has 0 saturated heterocycles. The Morgan fingerprint density at radius 2 is 2.11 bits per heavy atom. The van der Waals surface area contributed by atoms with Crippen LogP contribution in [0.3, 0.4) is 0 Å². The summed E-state index contributed by atoms with van der Waals surface area (Å²) in [5.74, 6) is -0.488. The molecule has 1 saturated carbocycles. The lowest BCUT2D eigenvalue weighted by molar-refractivity contribution is 0.0697. The van der Waals surface area contributed by atoms with E-state index in [-0.39, 0.29) is 16.6 Å². The SMILES string of the molecule is O=C(NCC1CC1)Nc1ccc(C(=O)O)c(Cl)c1. The van der Waals surface area contributed by atoms with Gasteiger partial charge in [-0.25, -0.2) is 9.59 Å². The number of hydrogen-bond acceptors (Lipinski definition) is 2. The number of carbonyl (C=O) groups is 2. The number of carbonyl (C=O) groups excluding carboxylic acids is 1. The predicted octanol–water partition coefficient (Wildman–Crippen LogP) is 2.57. The van der Waals surface area contributed by atoms with Crippen LogP contribution in [-0.2, 0) is 0 Å². The molecule has 5 nitrogen and oxygen atoms in total. The van der Waals surface area contributed by atoms with Crippen molar-refractivity contribution in [2.75, 3.05) is 11.9 Å². The highest BCUT2D eigenvalue weighted by molar-refractivity contribution is 6.33. The fourth-order valence-electron chi connectivity index (χ4n) is 1.50. The number of halogens is 1. The van der Waals surface area contributed by atoms with E-state index in [9.17, 15) is 9.59 Å². The van der Waals surface area contributed by atoms with Gasteiger partial charge in [-0.15, -0.1) is 0 Å². The van der Waals surface area contributed by atoms with Crippen LogP contribution in [-0.4, -0.2) is 23.7 Å². The number of rotatable bonds is 4. The minimum atomic E-state index is -1.09. The van der Waals surface area contributed by atoms with E-state index in [1.165, 1.54) is 31.0 Å². The zero-order chi connectivity index (χ0) is 13.1. The number of anilines is 1. The van der Waals surface area contributed by atoms with Gasteiger partial charge in [-0.1, -0.05) is 11.6 Å². The van der Waals surface area contributed by atoms with Crippen LogP contribution in [0.15, 0.2) is 18.2 Å². The van der Waals surface area contributed by atoms with Crippen molar-refractivity contribution in [2.24, 2.45) is 5.92 Å². The van der Waals surface area contributed by atoms with E-state index in [1.807, 2.05) is 0 Å². The van der Waals surface area contributed by atoms with E-state index in [0.717, 1.165) is 0 Å². The first-order chi connectivity index (χ1) is 8.56. The topological polar surface area (TPSA) is 78.4 Å². The van der Waals surface area contributed by atoms with Gasteiger partial charge in [0, 0.05) is 12.2 Å². The molecule has 18 heavy (non-hydrogen) atoms. The molecule has 2 amide bonds. The van der Waals surface area contributed by atoms with Gasteiger partial charge in [0.25, 0.3) is 0 Å². The third-order valence-corrected chi connectivity index (χ3v) is 3.02. The molecule has 1 aliphatic rings. The zero-order valence-corrected chi connectivity index (χ0v) is 10.3. The Balaban J connectivity index is 1.94. The van der Waals surface area contributed by atoms with Gasteiger partial charge in [0.05, 0.1) is 10.6 Å². The van der Waals surface area contributed by atoms with E-state index in [2.05, 4.69) is 10.6 Å². The summed E-state index contributed by atoms with van der Waals surface area (Å²) in [4.78, 5) is 22.2. The van der Waals surface area contributed by atoms with Crippen molar-refractivity contribution in [1.29, 1.82) is 0 Å². The van der Waals surface area contributed by atoms with Crippen molar-refractivity contribution in [3.05, 3.63) is 28.8 Å². The Morgan fingerprint density at radius 3 is 2.67 bits per heavy atom. The number of nitrogens with one attached hydrogen (secondary N) is 2. The van der Waals surface area contributed by atoms with Gasteiger partial charge in [-0.3, -0.25) is 0 Å². The van der Waals surface area contributed by atoms with Gasteiger partial charge >= 0.3 is 12.0 Å². The van der Waals surface area contributed by atoms with Gasteiger partial charge in [0.15, 0.2) is 0 Å². The second-order valence-corrected chi connectivity index (χ2v) is 4.69. The van der Waals surface area contributed by atoms with Crippen LogP contribution < -0.4 is 10.6 Å². The highest BCUT2D eigenvalue weighted by atomic mass is 35.5. The minimum Gasteiger partial charge on any atom is -0.478 e. The van der Waals surface area contributed by atoms with Gasteiger partial charge in [0.2, 0.25) is 0 Å². The summed E-state index contributed by atoms with van der Waals surface area (Å²) < 4.78 is 0. The van der Waals surface area contributed by atoms with Crippen LogP contribution >= 0.6 is 11.6 Å². The molecule has 1 aromatic carbocycles. The van der Waals surface area contributed by atoms with Crippen LogP contribution in [0.25, 0.3) is 0 Å². The molecule has 6 heteroatoms. The number of urea groups is 1. The number of carboxylic acids is 1. The first-order valence-electron chi connectivity index (χ1n) is 5.64. The first kappa shape index (κ1) is 12.7. The van der Waals surface area contributed by atoms with E-state index >= 15 is 0 Å². The predicted molar refractivity (Wildman–Crippen MR) is 68.2 cm³/mol. The van der Waals surface area contributed by atoms with Crippen molar-refractivity contribution >= 4 is 29.3 Å². The van der Waals surface area contributed by atoms with E-state index in [1.54, 1.807) is 0 Å². The number of carboxylic acid groups (broad SMARTS) is 1. The summed E-state index contributed by atoms with van der Waals surface area (Å²) in [5, 5.41) is 14.3. The van der Waals surface area contributed by atoms with E-state index in [0.29, 0.717) is 18.2 Å². The molecule has 1 aromatic rings. The molecular weight excluding hydrogens is 256 g/mol. The summed E-state index contributed by atoms with van der Waals surface area (Å²) in [6, 6.07) is 3.98. The molecule has 1 fully saturated rings. The monoisotopic (exact) mass is 268 g/mol. The number of hydrogen-bond donors (Lipinski definition) is 3. The molecular formula is C12H13ClN2O3. The third-order valence-electron chi connectivity index (χ3n) is 2.71. The molecule has 3 N–H and O–H groups in total. The van der Waals surface area contributed by atoms with Crippen molar-refractivity contribution < 1.29 is 14.7 Å². The van der Waals surface area contributed by atoms with Gasteiger partial charge in [0.1, 0.15) is 0 Å². The van der Waals surface area contributed by atoms with Crippen LogP contribution in [0, 0.1) is 5.92 Å². The molecule has 1 aliphatic carbocycles. The van der Waals surface area contributed by atoms with Crippen LogP contribution in [0.5, 0.6) is 0 Å². The molecule has 0 aliphatic heterocycles. The van der Waals surface area contributed by atoms with Crippen molar-refractivity contribution in [3.63, 3.8) is 0 Å². The largest absolute Gasteiger partial charge is 0.478 e. The fraction of sp³-hybridized carbons (Fsp3) is 0.333. The molecule has 0 heterocycles. The lowest BCUT2D eigenvalue weighted by Gasteiger charge is -2.08. The van der Waals surface area contributed by atoms with Crippen molar-refractivity contribution in [3.8, 4) is 0 Å². The summed E-state index contributed by atoms with van der Waals surface area (Å²) in [7, 11) is 0. The second-order valence-electron chi connectivity index (χ2n) is 4.28. The lowest BCUT2D eigenvalue weighted by atomic mass is 10.2. The van der Waals surface area contributed by atoms with Crippen LogP contribution in [0.2, 0.25) is 5.02 Å². The third kappa shape index (κ3) is 3.37. The Bertz CT molecular complexity index is 486. The Hall–Kier alpha value is -1.75. The maximum Gasteiger partial charge on any atom is 0.337 e. The first-order valence-corrected chi connectivity index (χ1v) is 6.02. The minimum absolute atomic E-state index is 0.0144. The van der Waals surface area contributed by atoms with Crippen LogP contribution in [0.4, 0.5) is 10.5 Å². The fourth-order valence-corrected chi connectivity index (χ4v) is 1.76. The highest BCUT2D eigenvalue weighted by Crippen LogP contribution is 2.27. The average molecular weight is 269 g/mol.